The average Bonchev–Trinajstić information content (AvgIpc) is 2.98. The lowest BCUT2D eigenvalue weighted by Gasteiger charge is -2.22. The maximum Gasteiger partial charge on any atom is 0.322 e. The Bertz CT molecular complexity index is 744. The summed E-state index contributed by atoms with van der Waals surface area (Å²) in [6.45, 7) is 0.716. The van der Waals surface area contributed by atoms with Gasteiger partial charge in [0.1, 0.15) is 6.04 Å². The highest BCUT2D eigenvalue weighted by molar-refractivity contribution is 7.89. The van der Waals surface area contributed by atoms with Crippen molar-refractivity contribution >= 4 is 21.9 Å². The summed E-state index contributed by atoms with van der Waals surface area (Å²) in [5.41, 5.74) is 1.15. The Morgan fingerprint density at radius 2 is 2.14 bits per heavy atom. The van der Waals surface area contributed by atoms with Crippen LogP contribution in [0.2, 0.25) is 0 Å². The van der Waals surface area contributed by atoms with Crippen LogP contribution < -0.4 is 5.32 Å². The van der Waals surface area contributed by atoms with Gasteiger partial charge in [-0.3, -0.25) is 9.59 Å². The van der Waals surface area contributed by atoms with Crippen LogP contribution in [0.5, 0.6) is 0 Å². The Morgan fingerprint density at radius 3 is 2.86 bits per heavy atom. The number of carbonyl (C=O) groups is 2. The van der Waals surface area contributed by atoms with Crippen LogP contribution in [0.4, 0.5) is 0 Å². The van der Waals surface area contributed by atoms with Gasteiger partial charge in [0.2, 0.25) is 10.0 Å². The zero-order valence-corrected chi connectivity index (χ0v) is 12.6. The highest BCUT2D eigenvalue weighted by atomic mass is 32.2. The van der Waals surface area contributed by atoms with Gasteiger partial charge in [0, 0.05) is 18.7 Å². The maximum absolute atomic E-state index is 12.7. The summed E-state index contributed by atoms with van der Waals surface area (Å²) in [7, 11) is -3.92. The zero-order chi connectivity index (χ0) is 15.9. The van der Waals surface area contributed by atoms with E-state index in [0.717, 1.165) is 9.87 Å². The molecule has 2 aliphatic heterocycles. The van der Waals surface area contributed by atoms with Crippen LogP contribution in [0.3, 0.4) is 0 Å². The molecule has 1 unspecified atom stereocenters. The number of fused-ring (bicyclic) bond motifs is 1. The molecule has 1 saturated heterocycles. The average molecular weight is 324 g/mol. The van der Waals surface area contributed by atoms with Gasteiger partial charge in [-0.1, -0.05) is 6.07 Å². The quantitative estimate of drug-likeness (QED) is 0.827. The molecule has 1 aromatic rings. The summed E-state index contributed by atoms with van der Waals surface area (Å²) < 4.78 is 26.4. The first-order chi connectivity index (χ1) is 10.4. The van der Waals surface area contributed by atoms with Crippen LogP contribution in [0, 0.1) is 0 Å². The highest BCUT2D eigenvalue weighted by Crippen LogP contribution is 2.28. The van der Waals surface area contributed by atoms with Crippen molar-refractivity contribution in [2.24, 2.45) is 0 Å². The number of amides is 1. The summed E-state index contributed by atoms with van der Waals surface area (Å²) in [4.78, 5) is 23.0. The first-order valence-corrected chi connectivity index (χ1v) is 8.51. The zero-order valence-electron chi connectivity index (χ0n) is 11.8. The minimum absolute atomic E-state index is 0.0311. The molecule has 1 aromatic carbocycles. The molecule has 2 heterocycles. The highest BCUT2D eigenvalue weighted by Gasteiger charge is 2.39. The van der Waals surface area contributed by atoms with Crippen molar-refractivity contribution < 1.29 is 23.1 Å². The Labute approximate surface area is 128 Å². The normalized spacial score (nSPS) is 22.2. The molecular weight excluding hydrogens is 308 g/mol. The molecule has 2 N–H and O–H groups in total. The second kappa shape index (κ2) is 5.36. The van der Waals surface area contributed by atoms with Gasteiger partial charge >= 0.3 is 5.97 Å². The Morgan fingerprint density at radius 1 is 1.36 bits per heavy atom. The minimum atomic E-state index is -3.92. The van der Waals surface area contributed by atoms with Crippen molar-refractivity contribution in [1.29, 1.82) is 0 Å². The van der Waals surface area contributed by atoms with E-state index in [4.69, 9.17) is 5.11 Å². The van der Waals surface area contributed by atoms with Crippen LogP contribution in [-0.4, -0.2) is 48.8 Å². The van der Waals surface area contributed by atoms with Gasteiger partial charge in [-0.25, -0.2) is 8.42 Å². The largest absolute Gasteiger partial charge is 0.480 e. The minimum Gasteiger partial charge on any atom is -0.480 e. The van der Waals surface area contributed by atoms with E-state index in [9.17, 15) is 18.0 Å². The molecule has 3 rings (SSSR count). The van der Waals surface area contributed by atoms with Crippen molar-refractivity contribution in [3.63, 3.8) is 0 Å². The number of carbonyl (C=O) groups excluding carboxylic acids is 1. The number of sulfonamides is 1. The molecule has 0 aromatic heterocycles. The van der Waals surface area contributed by atoms with Crippen LogP contribution in [0.1, 0.15) is 28.8 Å². The van der Waals surface area contributed by atoms with Gasteiger partial charge in [0.25, 0.3) is 5.91 Å². The molecule has 118 valence electrons. The summed E-state index contributed by atoms with van der Waals surface area (Å²) >= 11 is 0. The lowest BCUT2D eigenvalue weighted by molar-refractivity contribution is -0.140. The van der Waals surface area contributed by atoms with E-state index in [1.54, 1.807) is 6.07 Å². The first-order valence-electron chi connectivity index (χ1n) is 7.07. The van der Waals surface area contributed by atoms with Gasteiger partial charge in [-0.15, -0.1) is 0 Å². The number of carboxylic acid groups (broad SMARTS) is 1. The van der Waals surface area contributed by atoms with Crippen molar-refractivity contribution in [3.8, 4) is 0 Å². The number of hydrogen-bond donors (Lipinski definition) is 2. The van der Waals surface area contributed by atoms with Crippen LogP contribution in [0.25, 0.3) is 0 Å². The summed E-state index contributed by atoms with van der Waals surface area (Å²) in [5, 5.41) is 11.8. The fourth-order valence-electron chi connectivity index (χ4n) is 2.96. The first kappa shape index (κ1) is 15.0. The van der Waals surface area contributed by atoms with E-state index in [-0.39, 0.29) is 17.3 Å². The van der Waals surface area contributed by atoms with Crippen LogP contribution in [0.15, 0.2) is 23.1 Å². The molecule has 1 fully saturated rings. The maximum atomic E-state index is 12.7. The molecule has 0 saturated carbocycles. The molecule has 2 aliphatic rings. The lowest BCUT2D eigenvalue weighted by atomic mass is 10.0. The SMILES string of the molecule is O=C1NCCc2ccc(S(=O)(=O)N3CCCC3C(=O)O)cc21. The number of nitrogens with one attached hydrogen (secondary N) is 1. The Balaban J connectivity index is 2.01. The van der Waals surface area contributed by atoms with Crippen molar-refractivity contribution in [3.05, 3.63) is 29.3 Å². The smallest absolute Gasteiger partial charge is 0.322 e. The van der Waals surface area contributed by atoms with Crippen LogP contribution >= 0.6 is 0 Å². The Kier molecular flexibility index (Phi) is 3.65. The fraction of sp³-hybridized carbons (Fsp3) is 0.429. The fourth-order valence-corrected chi connectivity index (χ4v) is 4.64. The van der Waals surface area contributed by atoms with Crippen molar-refractivity contribution in [1.82, 2.24) is 9.62 Å². The third kappa shape index (κ3) is 2.38. The van der Waals surface area contributed by atoms with E-state index < -0.39 is 22.0 Å². The lowest BCUT2D eigenvalue weighted by Crippen LogP contribution is -2.40. The summed E-state index contributed by atoms with van der Waals surface area (Å²) in [6.07, 6.45) is 1.48. The molecule has 7 nitrogen and oxygen atoms in total. The third-order valence-corrected chi connectivity index (χ3v) is 6.01. The summed E-state index contributed by atoms with van der Waals surface area (Å²) in [5.74, 6) is -1.44. The molecule has 0 aliphatic carbocycles. The van der Waals surface area contributed by atoms with E-state index in [0.29, 0.717) is 31.4 Å². The molecule has 0 spiro atoms. The number of carboxylic acids is 1. The monoisotopic (exact) mass is 324 g/mol. The van der Waals surface area contributed by atoms with E-state index in [1.165, 1.54) is 12.1 Å². The van der Waals surface area contributed by atoms with Gasteiger partial charge in [0.05, 0.1) is 4.90 Å². The topological polar surface area (TPSA) is 104 Å². The molecule has 1 amide bonds. The van der Waals surface area contributed by atoms with E-state index >= 15 is 0 Å². The van der Waals surface area contributed by atoms with E-state index in [1.807, 2.05) is 0 Å². The van der Waals surface area contributed by atoms with Gasteiger partial charge in [0.15, 0.2) is 0 Å². The molecule has 1 atom stereocenters. The number of benzene rings is 1. The van der Waals surface area contributed by atoms with Gasteiger partial charge in [-0.05, 0) is 37.0 Å². The van der Waals surface area contributed by atoms with Crippen molar-refractivity contribution in [2.45, 2.75) is 30.2 Å². The molecule has 22 heavy (non-hydrogen) atoms. The molecule has 8 heteroatoms. The van der Waals surface area contributed by atoms with Gasteiger partial charge in [-0.2, -0.15) is 4.31 Å². The second-order valence-corrected chi connectivity index (χ2v) is 7.33. The predicted octanol–water partition coefficient (Wildman–Crippen LogP) is 0.210. The van der Waals surface area contributed by atoms with Gasteiger partial charge < -0.3 is 10.4 Å². The third-order valence-electron chi connectivity index (χ3n) is 4.10. The number of nitrogens with zero attached hydrogens (tertiary/aromatic N) is 1. The molecular formula is C14H16N2O5S. The van der Waals surface area contributed by atoms with E-state index in [2.05, 4.69) is 5.32 Å². The Hall–Kier alpha value is -1.93. The predicted molar refractivity (Wildman–Crippen MR) is 77.0 cm³/mol. The molecule has 0 bridgehead atoms. The number of hydrogen-bond acceptors (Lipinski definition) is 4. The second-order valence-electron chi connectivity index (χ2n) is 5.44. The number of rotatable bonds is 3. The summed E-state index contributed by atoms with van der Waals surface area (Å²) in [6, 6.07) is 3.39. The van der Waals surface area contributed by atoms with Crippen molar-refractivity contribution in [2.75, 3.05) is 13.1 Å². The number of aliphatic carboxylic acids is 1. The standard InChI is InChI=1S/C14H16N2O5S/c17-13-11-8-10(4-3-9(11)5-6-15-13)22(20,21)16-7-1-2-12(16)14(18)19/h3-4,8,12H,1-2,5-7H2,(H,15,17)(H,18,19). The van der Waals surface area contributed by atoms with Crippen LogP contribution in [-0.2, 0) is 21.2 Å². The molecule has 0 radical (unpaired) electrons.